The van der Waals surface area contributed by atoms with Crippen LogP contribution in [0.4, 0.5) is 4.39 Å². The number of benzene rings is 1. The second-order valence-electron chi connectivity index (χ2n) is 6.64. The van der Waals surface area contributed by atoms with E-state index in [-0.39, 0.29) is 35.6 Å². The molecule has 6 heteroatoms. The number of rotatable bonds is 4. The fraction of sp³-hybridized carbons (Fsp3) is 0.238. The zero-order chi connectivity index (χ0) is 18.8. The molecule has 138 valence electrons. The zero-order valence-corrected chi connectivity index (χ0v) is 14.7. The van der Waals surface area contributed by atoms with Gasteiger partial charge in [-0.15, -0.1) is 0 Å². The van der Waals surface area contributed by atoms with Gasteiger partial charge in [0.05, 0.1) is 12.6 Å². The minimum absolute atomic E-state index is 0.0802. The summed E-state index contributed by atoms with van der Waals surface area (Å²) in [6.07, 6.45) is 3.41. The van der Waals surface area contributed by atoms with Crippen molar-refractivity contribution in [2.45, 2.75) is 25.4 Å². The number of hydrogen-bond donors (Lipinski definition) is 0. The maximum absolute atomic E-state index is 13.2. The molecule has 0 spiro atoms. The molecule has 0 bridgehead atoms. The quantitative estimate of drug-likeness (QED) is 0.709. The number of amides is 1. The largest absolute Gasteiger partial charge is 0.454 e. The number of aromatic nitrogens is 1. The Labute approximate surface area is 155 Å². The van der Waals surface area contributed by atoms with Gasteiger partial charge in [-0.1, -0.05) is 18.2 Å². The van der Waals surface area contributed by atoms with E-state index in [0.717, 1.165) is 18.4 Å². The van der Waals surface area contributed by atoms with Crippen LogP contribution in [0.1, 0.15) is 40.8 Å². The van der Waals surface area contributed by atoms with Crippen molar-refractivity contribution >= 4 is 5.91 Å². The van der Waals surface area contributed by atoms with Crippen LogP contribution < -0.4 is 5.56 Å². The molecule has 0 saturated carbocycles. The monoisotopic (exact) mass is 366 g/mol. The summed E-state index contributed by atoms with van der Waals surface area (Å²) < 4.78 is 20.4. The van der Waals surface area contributed by atoms with Crippen LogP contribution in [0.5, 0.6) is 0 Å². The summed E-state index contributed by atoms with van der Waals surface area (Å²) in [5.74, 6) is 0.321. The van der Waals surface area contributed by atoms with Gasteiger partial charge in [0.25, 0.3) is 11.5 Å². The molecule has 0 aliphatic carbocycles. The number of carbonyl (C=O) groups excluding carboxylic acids is 1. The van der Waals surface area contributed by atoms with Crippen LogP contribution in [0.2, 0.25) is 0 Å². The Bertz CT molecular complexity index is 1010. The van der Waals surface area contributed by atoms with Crippen molar-refractivity contribution < 1.29 is 13.6 Å². The summed E-state index contributed by atoms with van der Waals surface area (Å²) in [7, 11) is 0. The molecule has 0 N–H and O–H groups in total. The van der Waals surface area contributed by atoms with E-state index in [1.807, 2.05) is 0 Å². The van der Waals surface area contributed by atoms with Crippen LogP contribution in [0, 0.1) is 5.82 Å². The summed E-state index contributed by atoms with van der Waals surface area (Å²) in [4.78, 5) is 26.5. The van der Waals surface area contributed by atoms with Crippen LogP contribution in [-0.4, -0.2) is 21.9 Å². The highest BCUT2D eigenvalue weighted by Crippen LogP contribution is 2.33. The van der Waals surface area contributed by atoms with E-state index in [9.17, 15) is 14.0 Å². The maximum atomic E-state index is 13.2. The minimum Gasteiger partial charge on any atom is -0.454 e. The lowest BCUT2D eigenvalue weighted by atomic mass is 10.0. The average molecular weight is 366 g/mol. The Morgan fingerprint density at radius 1 is 1.11 bits per heavy atom. The van der Waals surface area contributed by atoms with E-state index in [2.05, 4.69) is 0 Å². The predicted octanol–water partition coefficient (Wildman–Crippen LogP) is 3.61. The number of pyridine rings is 1. The number of furan rings is 1. The van der Waals surface area contributed by atoms with Crippen molar-refractivity contribution in [3.63, 3.8) is 0 Å². The molecule has 1 aliphatic rings. The molecule has 1 aromatic carbocycles. The average Bonchev–Trinajstić information content (AvgIpc) is 3.33. The van der Waals surface area contributed by atoms with Gasteiger partial charge in [-0.05, 0) is 48.7 Å². The molecule has 1 unspecified atom stereocenters. The number of likely N-dealkylation sites (tertiary alicyclic amines) is 1. The third kappa shape index (κ3) is 3.56. The van der Waals surface area contributed by atoms with Gasteiger partial charge in [0.1, 0.15) is 11.6 Å². The highest BCUT2D eigenvalue weighted by molar-refractivity contribution is 5.92. The van der Waals surface area contributed by atoms with Gasteiger partial charge in [0.15, 0.2) is 5.76 Å². The van der Waals surface area contributed by atoms with Gasteiger partial charge < -0.3 is 13.9 Å². The first kappa shape index (κ1) is 17.3. The van der Waals surface area contributed by atoms with Gasteiger partial charge >= 0.3 is 0 Å². The Morgan fingerprint density at radius 3 is 2.70 bits per heavy atom. The highest BCUT2D eigenvalue weighted by Gasteiger charge is 2.32. The summed E-state index contributed by atoms with van der Waals surface area (Å²) >= 11 is 0. The first-order chi connectivity index (χ1) is 13.1. The summed E-state index contributed by atoms with van der Waals surface area (Å²) in [5, 5.41) is 0. The lowest BCUT2D eigenvalue weighted by molar-refractivity contribution is 0.0701. The van der Waals surface area contributed by atoms with Crippen molar-refractivity contribution in [2.75, 3.05) is 6.54 Å². The van der Waals surface area contributed by atoms with Crippen LogP contribution in [-0.2, 0) is 6.54 Å². The Morgan fingerprint density at radius 2 is 1.93 bits per heavy atom. The molecule has 1 aliphatic heterocycles. The Balaban J connectivity index is 1.52. The van der Waals surface area contributed by atoms with Crippen LogP contribution in [0.15, 0.2) is 70.0 Å². The van der Waals surface area contributed by atoms with Gasteiger partial charge in [-0.3, -0.25) is 9.59 Å². The fourth-order valence-corrected chi connectivity index (χ4v) is 3.52. The van der Waals surface area contributed by atoms with Gasteiger partial charge in [-0.25, -0.2) is 4.39 Å². The number of halogens is 1. The lowest BCUT2D eigenvalue weighted by Crippen LogP contribution is -2.30. The molecule has 27 heavy (non-hydrogen) atoms. The molecular formula is C21H19FN2O3. The molecule has 3 heterocycles. The number of nitrogens with zero attached hydrogens (tertiary/aromatic N) is 2. The Kier molecular flexibility index (Phi) is 4.62. The van der Waals surface area contributed by atoms with Crippen molar-refractivity contribution in [1.29, 1.82) is 0 Å². The first-order valence-electron chi connectivity index (χ1n) is 8.92. The van der Waals surface area contributed by atoms with Crippen molar-refractivity contribution in [2.24, 2.45) is 0 Å². The predicted molar refractivity (Wildman–Crippen MR) is 97.9 cm³/mol. The zero-order valence-electron chi connectivity index (χ0n) is 14.7. The molecule has 1 amide bonds. The molecule has 1 fully saturated rings. The summed E-state index contributed by atoms with van der Waals surface area (Å²) in [6, 6.07) is 14.5. The highest BCUT2D eigenvalue weighted by atomic mass is 19.1. The summed E-state index contributed by atoms with van der Waals surface area (Å²) in [6.45, 7) is 0.906. The lowest BCUT2D eigenvalue weighted by Gasteiger charge is -2.24. The standard InChI is InChI=1S/C21H19FN2O3/c22-16-8-6-15(7-9-16)18-4-3-13-24(18)21(26)19-11-10-17(27-19)14-23-12-2-1-5-20(23)25/h1-2,5-12,18H,3-4,13-14H2. The van der Waals surface area contributed by atoms with E-state index in [1.165, 1.54) is 22.8 Å². The third-order valence-corrected chi connectivity index (χ3v) is 4.87. The normalized spacial score (nSPS) is 16.6. The van der Waals surface area contributed by atoms with Crippen molar-refractivity contribution in [3.8, 4) is 0 Å². The van der Waals surface area contributed by atoms with Crippen molar-refractivity contribution in [1.82, 2.24) is 9.47 Å². The van der Waals surface area contributed by atoms with Crippen LogP contribution in [0.3, 0.4) is 0 Å². The van der Waals surface area contributed by atoms with Crippen LogP contribution in [0.25, 0.3) is 0 Å². The van der Waals surface area contributed by atoms with E-state index in [4.69, 9.17) is 4.42 Å². The number of carbonyl (C=O) groups is 1. The molecule has 5 nitrogen and oxygen atoms in total. The molecular weight excluding hydrogens is 347 g/mol. The second kappa shape index (κ2) is 7.23. The molecule has 2 aromatic heterocycles. The van der Waals surface area contributed by atoms with Gasteiger partial charge in [0.2, 0.25) is 0 Å². The third-order valence-electron chi connectivity index (χ3n) is 4.87. The molecule has 1 atom stereocenters. The molecule has 0 radical (unpaired) electrons. The molecule has 3 aromatic rings. The number of hydrogen-bond acceptors (Lipinski definition) is 3. The fourth-order valence-electron chi connectivity index (χ4n) is 3.52. The van der Waals surface area contributed by atoms with E-state index in [1.54, 1.807) is 47.5 Å². The van der Waals surface area contributed by atoms with Crippen molar-refractivity contribution in [3.05, 3.63) is 94.0 Å². The Hall–Kier alpha value is -3.15. The first-order valence-corrected chi connectivity index (χ1v) is 8.92. The minimum atomic E-state index is -0.290. The maximum Gasteiger partial charge on any atom is 0.290 e. The molecule has 1 saturated heterocycles. The topological polar surface area (TPSA) is 55.5 Å². The smallest absolute Gasteiger partial charge is 0.290 e. The van der Waals surface area contributed by atoms with Crippen LogP contribution >= 0.6 is 0 Å². The SMILES string of the molecule is O=C(c1ccc(Cn2ccccc2=O)o1)N1CCCC1c1ccc(F)cc1. The summed E-state index contributed by atoms with van der Waals surface area (Å²) in [5.41, 5.74) is 0.794. The molecule has 4 rings (SSSR count). The van der Waals surface area contributed by atoms with Gasteiger partial charge in [0, 0.05) is 18.8 Å². The van der Waals surface area contributed by atoms with E-state index >= 15 is 0 Å². The van der Waals surface area contributed by atoms with E-state index < -0.39 is 0 Å². The van der Waals surface area contributed by atoms with Gasteiger partial charge in [-0.2, -0.15) is 0 Å². The second-order valence-corrected chi connectivity index (χ2v) is 6.64. The van der Waals surface area contributed by atoms with E-state index in [0.29, 0.717) is 12.3 Å².